The van der Waals surface area contributed by atoms with E-state index >= 15 is 0 Å². The third-order valence-corrected chi connectivity index (χ3v) is 3.79. The first-order chi connectivity index (χ1) is 9.63. The maximum Gasteiger partial charge on any atom is 0.277 e. The largest absolute Gasteiger partial charge is 0.438 e. The number of ether oxygens (including phenoxy) is 1. The second-order valence-electron chi connectivity index (χ2n) is 4.26. The van der Waals surface area contributed by atoms with Gasteiger partial charge in [-0.3, -0.25) is 4.79 Å². The predicted molar refractivity (Wildman–Crippen MR) is 77.2 cm³/mol. The maximum absolute atomic E-state index is 11.2. The standard InChI is InChI=1S/C14H11N3O2S/c1-8-2-4-9(5-3-8)19-13-11-10(6-7-16-13)17-14(20-11)12(15)18/h2-7H,1H3,(H2,15,18). The number of aryl methyl sites for hydroxylation is 1. The smallest absolute Gasteiger partial charge is 0.277 e. The van der Waals surface area contributed by atoms with Gasteiger partial charge in [-0.15, -0.1) is 11.3 Å². The summed E-state index contributed by atoms with van der Waals surface area (Å²) in [5.74, 6) is 0.563. The molecule has 0 aliphatic rings. The molecule has 3 rings (SSSR count). The van der Waals surface area contributed by atoms with Gasteiger partial charge in [0.05, 0.1) is 5.52 Å². The van der Waals surface area contributed by atoms with Gasteiger partial charge < -0.3 is 10.5 Å². The number of primary amides is 1. The molecular formula is C14H11N3O2S. The Hall–Kier alpha value is -2.47. The van der Waals surface area contributed by atoms with E-state index in [-0.39, 0.29) is 5.01 Å². The highest BCUT2D eigenvalue weighted by Crippen LogP contribution is 2.32. The number of thiazole rings is 1. The van der Waals surface area contributed by atoms with E-state index in [2.05, 4.69) is 9.97 Å². The Morgan fingerprint density at radius 2 is 2.00 bits per heavy atom. The van der Waals surface area contributed by atoms with Gasteiger partial charge in [-0.1, -0.05) is 17.7 Å². The van der Waals surface area contributed by atoms with Crippen molar-refractivity contribution in [1.82, 2.24) is 9.97 Å². The molecule has 6 heteroatoms. The molecule has 0 aliphatic carbocycles. The number of hydrogen-bond donors (Lipinski definition) is 1. The number of carbonyl (C=O) groups is 1. The van der Waals surface area contributed by atoms with E-state index < -0.39 is 5.91 Å². The van der Waals surface area contributed by atoms with Crippen LogP contribution in [0.5, 0.6) is 11.6 Å². The second kappa shape index (κ2) is 4.90. The summed E-state index contributed by atoms with van der Waals surface area (Å²) in [6.45, 7) is 2.01. The van der Waals surface area contributed by atoms with E-state index in [0.29, 0.717) is 21.8 Å². The first kappa shape index (κ1) is 12.6. The lowest BCUT2D eigenvalue weighted by molar-refractivity contribution is 0.1000. The minimum atomic E-state index is -0.549. The molecule has 0 fully saturated rings. The van der Waals surface area contributed by atoms with Crippen LogP contribution in [0.15, 0.2) is 36.5 Å². The molecule has 1 amide bonds. The number of aromatic nitrogens is 2. The summed E-state index contributed by atoms with van der Waals surface area (Å²) in [6, 6.07) is 9.37. The van der Waals surface area contributed by atoms with Crippen LogP contribution in [-0.4, -0.2) is 15.9 Å². The van der Waals surface area contributed by atoms with Crippen LogP contribution in [0.4, 0.5) is 0 Å². The molecule has 0 aliphatic heterocycles. The Bertz CT molecular complexity index is 781. The van der Waals surface area contributed by atoms with E-state index in [4.69, 9.17) is 10.5 Å². The number of pyridine rings is 1. The van der Waals surface area contributed by atoms with E-state index in [1.807, 2.05) is 31.2 Å². The van der Waals surface area contributed by atoms with E-state index in [0.717, 1.165) is 5.56 Å². The number of carbonyl (C=O) groups excluding carboxylic acids is 1. The van der Waals surface area contributed by atoms with Gasteiger partial charge >= 0.3 is 0 Å². The number of nitrogens with two attached hydrogens (primary N) is 1. The highest BCUT2D eigenvalue weighted by atomic mass is 32.1. The van der Waals surface area contributed by atoms with Crippen molar-refractivity contribution in [1.29, 1.82) is 0 Å². The minimum Gasteiger partial charge on any atom is -0.438 e. The van der Waals surface area contributed by atoms with Gasteiger partial charge in [0, 0.05) is 6.20 Å². The normalized spacial score (nSPS) is 10.7. The van der Waals surface area contributed by atoms with Crippen molar-refractivity contribution in [2.24, 2.45) is 5.73 Å². The Balaban J connectivity index is 2.02. The molecule has 2 aromatic heterocycles. The predicted octanol–water partition coefficient (Wildman–Crippen LogP) is 2.89. The fraction of sp³-hybridized carbons (Fsp3) is 0.0714. The van der Waals surface area contributed by atoms with E-state index in [9.17, 15) is 4.79 Å². The Labute approximate surface area is 119 Å². The minimum absolute atomic E-state index is 0.252. The molecule has 0 saturated heterocycles. The highest BCUT2D eigenvalue weighted by Gasteiger charge is 2.13. The summed E-state index contributed by atoms with van der Waals surface area (Å²) < 4.78 is 6.46. The first-order valence-corrected chi connectivity index (χ1v) is 6.75. The van der Waals surface area contributed by atoms with Crippen molar-refractivity contribution >= 4 is 27.5 Å². The van der Waals surface area contributed by atoms with Gasteiger partial charge in [-0.25, -0.2) is 9.97 Å². The molecule has 20 heavy (non-hydrogen) atoms. The fourth-order valence-electron chi connectivity index (χ4n) is 1.73. The van der Waals surface area contributed by atoms with Crippen LogP contribution >= 0.6 is 11.3 Å². The fourth-order valence-corrected chi connectivity index (χ4v) is 2.57. The van der Waals surface area contributed by atoms with E-state index in [1.165, 1.54) is 11.3 Å². The van der Waals surface area contributed by atoms with Crippen molar-refractivity contribution < 1.29 is 9.53 Å². The van der Waals surface area contributed by atoms with E-state index in [1.54, 1.807) is 12.3 Å². The Morgan fingerprint density at radius 1 is 1.25 bits per heavy atom. The molecule has 0 saturated carbocycles. The van der Waals surface area contributed by atoms with Crippen molar-refractivity contribution in [2.75, 3.05) is 0 Å². The monoisotopic (exact) mass is 285 g/mol. The summed E-state index contributed by atoms with van der Waals surface area (Å²) in [5.41, 5.74) is 7.05. The molecular weight excluding hydrogens is 274 g/mol. The molecule has 100 valence electrons. The SMILES string of the molecule is Cc1ccc(Oc2nccc3nc(C(N)=O)sc23)cc1. The zero-order chi connectivity index (χ0) is 14.1. The van der Waals surface area contributed by atoms with Crippen LogP contribution < -0.4 is 10.5 Å². The van der Waals surface area contributed by atoms with Gasteiger partial charge in [0.1, 0.15) is 10.4 Å². The van der Waals surface area contributed by atoms with Crippen LogP contribution in [0.25, 0.3) is 10.2 Å². The topological polar surface area (TPSA) is 78.1 Å². The first-order valence-electron chi connectivity index (χ1n) is 5.93. The van der Waals surface area contributed by atoms with Crippen molar-refractivity contribution in [3.05, 3.63) is 47.1 Å². The van der Waals surface area contributed by atoms with Gasteiger partial charge in [-0.05, 0) is 25.1 Å². The van der Waals surface area contributed by atoms with Crippen molar-refractivity contribution in [3.63, 3.8) is 0 Å². The molecule has 2 heterocycles. The van der Waals surface area contributed by atoms with Crippen molar-refractivity contribution in [2.45, 2.75) is 6.92 Å². The molecule has 0 spiro atoms. The quantitative estimate of drug-likeness (QED) is 0.802. The third-order valence-electron chi connectivity index (χ3n) is 2.72. The molecule has 0 unspecified atom stereocenters. The van der Waals surface area contributed by atoms with Crippen LogP contribution in [0.2, 0.25) is 0 Å². The summed E-state index contributed by atoms with van der Waals surface area (Å²) in [5, 5.41) is 0.252. The summed E-state index contributed by atoms with van der Waals surface area (Å²) in [4.78, 5) is 19.5. The Kier molecular flexibility index (Phi) is 3.08. The summed E-state index contributed by atoms with van der Waals surface area (Å²) in [7, 11) is 0. The molecule has 2 N–H and O–H groups in total. The number of amides is 1. The van der Waals surface area contributed by atoms with Gasteiger partial charge in [0.2, 0.25) is 5.88 Å². The van der Waals surface area contributed by atoms with Crippen LogP contribution in [0.3, 0.4) is 0 Å². The highest BCUT2D eigenvalue weighted by molar-refractivity contribution is 7.20. The lowest BCUT2D eigenvalue weighted by Gasteiger charge is -2.05. The summed E-state index contributed by atoms with van der Waals surface area (Å²) >= 11 is 1.18. The number of rotatable bonds is 3. The number of fused-ring (bicyclic) bond motifs is 1. The second-order valence-corrected chi connectivity index (χ2v) is 5.26. The average Bonchev–Trinajstić information content (AvgIpc) is 2.87. The average molecular weight is 285 g/mol. The molecule has 0 radical (unpaired) electrons. The van der Waals surface area contributed by atoms with Gasteiger partial charge in [0.25, 0.3) is 5.91 Å². The number of benzene rings is 1. The number of hydrogen-bond acceptors (Lipinski definition) is 5. The van der Waals surface area contributed by atoms with Crippen LogP contribution in [-0.2, 0) is 0 Å². The zero-order valence-corrected chi connectivity index (χ0v) is 11.5. The van der Waals surface area contributed by atoms with Gasteiger partial charge in [0.15, 0.2) is 5.01 Å². The zero-order valence-electron chi connectivity index (χ0n) is 10.7. The Morgan fingerprint density at radius 3 is 2.70 bits per heavy atom. The van der Waals surface area contributed by atoms with Crippen LogP contribution in [0.1, 0.15) is 15.4 Å². The molecule has 0 bridgehead atoms. The maximum atomic E-state index is 11.2. The molecule has 5 nitrogen and oxygen atoms in total. The number of nitrogens with zero attached hydrogens (tertiary/aromatic N) is 2. The lowest BCUT2D eigenvalue weighted by atomic mass is 10.2. The van der Waals surface area contributed by atoms with Gasteiger partial charge in [-0.2, -0.15) is 0 Å². The lowest BCUT2D eigenvalue weighted by Crippen LogP contribution is -2.09. The molecule has 0 atom stereocenters. The third kappa shape index (κ3) is 2.33. The van der Waals surface area contributed by atoms with Crippen molar-refractivity contribution in [3.8, 4) is 11.6 Å². The summed E-state index contributed by atoms with van der Waals surface area (Å²) in [6.07, 6.45) is 1.59. The molecule has 3 aromatic rings. The molecule has 1 aromatic carbocycles. The van der Waals surface area contributed by atoms with Crippen LogP contribution in [0, 0.1) is 6.92 Å².